The molecule has 0 heterocycles. The quantitative estimate of drug-likeness (QED) is 0.634. The van der Waals surface area contributed by atoms with Gasteiger partial charge in [0, 0.05) is 5.69 Å². The maximum atomic E-state index is 13.4. The molecule has 0 spiro atoms. The Bertz CT molecular complexity index is 947. The maximum Gasteiger partial charge on any atom is 0.335 e. The van der Waals surface area contributed by atoms with Gasteiger partial charge < -0.3 is 5.11 Å². The smallest absolute Gasteiger partial charge is 0.335 e. The van der Waals surface area contributed by atoms with Crippen LogP contribution in [0.5, 0.6) is 0 Å². The van der Waals surface area contributed by atoms with E-state index in [2.05, 4.69) is 18.6 Å². The van der Waals surface area contributed by atoms with Gasteiger partial charge in [-0.3, -0.25) is 4.72 Å². The third-order valence-electron chi connectivity index (χ3n) is 4.71. The van der Waals surface area contributed by atoms with Crippen molar-refractivity contribution in [1.29, 1.82) is 0 Å². The van der Waals surface area contributed by atoms with E-state index >= 15 is 0 Å². The van der Waals surface area contributed by atoms with Gasteiger partial charge in [0.25, 0.3) is 10.0 Å². The molecule has 0 radical (unpaired) electrons. The highest BCUT2D eigenvalue weighted by atomic mass is 32.2. The zero-order chi connectivity index (χ0) is 21.2. The second-order valence-electron chi connectivity index (χ2n) is 7.98. The largest absolute Gasteiger partial charge is 0.478 e. The number of sulfonamides is 1. The molecule has 0 atom stereocenters. The van der Waals surface area contributed by atoms with Crippen molar-refractivity contribution in [2.24, 2.45) is 0 Å². The van der Waals surface area contributed by atoms with Crippen LogP contribution in [0.4, 0.5) is 5.69 Å². The first kappa shape index (κ1) is 22.0. The number of nitrogens with one attached hydrogen (secondary N) is 1. The van der Waals surface area contributed by atoms with E-state index in [1.807, 2.05) is 39.8 Å². The first-order chi connectivity index (χ1) is 12.9. The van der Waals surface area contributed by atoms with Gasteiger partial charge in [-0.15, -0.1) is 0 Å². The Morgan fingerprint density at radius 2 is 1.43 bits per heavy atom. The predicted octanol–water partition coefficient (Wildman–Crippen LogP) is 5.56. The summed E-state index contributed by atoms with van der Waals surface area (Å²) in [5.74, 6) is -0.777. The molecule has 2 aromatic rings. The van der Waals surface area contributed by atoms with Gasteiger partial charge in [0.05, 0.1) is 10.5 Å². The van der Waals surface area contributed by atoms with E-state index in [9.17, 15) is 13.2 Å². The van der Waals surface area contributed by atoms with Crippen molar-refractivity contribution in [3.05, 3.63) is 58.7 Å². The molecule has 0 saturated carbocycles. The fourth-order valence-corrected chi connectivity index (χ4v) is 4.87. The zero-order valence-corrected chi connectivity index (χ0v) is 18.1. The van der Waals surface area contributed by atoms with Crippen LogP contribution < -0.4 is 4.72 Å². The third kappa shape index (κ3) is 4.73. The molecular weight excluding hydrogens is 374 g/mol. The van der Waals surface area contributed by atoms with Crippen molar-refractivity contribution in [2.75, 3.05) is 4.72 Å². The molecule has 0 bridgehead atoms. The summed E-state index contributed by atoms with van der Waals surface area (Å²) in [4.78, 5) is 11.5. The van der Waals surface area contributed by atoms with Crippen molar-refractivity contribution >= 4 is 21.7 Å². The van der Waals surface area contributed by atoms with E-state index in [4.69, 9.17) is 5.11 Å². The van der Waals surface area contributed by atoms with Crippen LogP contribution in [0.15, 0.2) is 41.3 Å². The first-order valence-electron chi connectivity index (χ1n) is 9.48. The summed E-state index contributed by atoms with van der Waals surface area (Å²) in [5, 5.41) is 9.16. The molecule has 2 N–H and O–H groups in total. The van der Waals surface area contributed by atoms with Crippen molar-refractivity contribution in [1.82, 2.24) is 0 Å². The summed E-state index contributed by atoms with van der Waals surface area (Å²) in [6.45, 7) is 12.1. The number of carboxylic acid groups (broad SMARTS) is 1. The number of carboxylic acids is 1. The third-order valence-corrected chi connectivity index (χ3v) is 6.22. The Balaban J connectivity index is 2.66. The summed E-state index contributed by atoms with van der Waals surface area (Å²) in [5.41, 5.74) is 2.92. The van der Waals surface area contributed by atoms with E-state index in [0.717, 1.165) is 16.7 Å². The fraction of sp³-hybridized carbons (Fsp3) is 0.409. The average Bonchev–Trinajstić information content (AvgIpc) is 2.60. The lowest BCUT2D eigenvalue weighted by Crippen LogP contribution is -2.19. The molecule has 0 fully saturated rings. The minimum absolute atomic E-state index is 0.0214. The average molecular weight is 404 g/mol. The van der Waals surface area contributed by atoms with Crippen LogP contribution in [-0.2, 0) is 10.0 Å². The van der Waals surface area contributed by atoms with Gasteiger partial charge in [0.15, 0.2) is 0 Å². The van der Waals surface area contributed by atoms with Gasteiger partial charge in [-0.25, -0.2) is 13.2 Å². The molecular formula is C22H29NO4S. The van der Waals surface area contributed by atoms with Gasteiger partial charge in [0.2, 0.25) is 0 Å². The second kappa shape index (κ2) is 8.35. The van der Waals surface area contributed by atoms with Crippen LogP contribution >= 0.6 is 0 Å². The molecule has 0 aromatic heterocycles. The molecule has 28 heavy (non-hydrogen) atoms. The van der Waals surface area contributed by atoms with E-state index in [1.165, 1.54) is 18.2 Å². The second-order valence-corrected chi connectivity index (χ2v) is 9.60. The number of hydrogen-bond acceptors (Lipinski definition) is 3. The van der Waals surface area contributed by atoms with E-state index in [-0.39, 0.29) is 29.0 Å². The number of aromatic carboxylic acids is 1. The molecule has 0 unspecified atom stereocenters. The Hall–Kier alpha value is -2.34. The monoisotopic (exact) mass is 403 g/mol. The molecule has 2 aromatic carbocycles. The lowest BCUT2D eigenvalue weighted by molar-refractivity contribution is 0.0697. The Morgan fingerprint density at radius 1 is 0.893 bits per heavy atom. The Morgan fingerprint density at radius 3 is 1.86 bits per heavy atom. The SMILES string of the molecule is CC(C)c1cc(C(C)C)c(S(=O)(=O)Nc2cccc(C(=O)O)c2)c(C(C)C)c1. The van der Waals surface area contributed by atoms with Crippen LogP contribution in [0.2, 0.25) is 0 Å². The molecule has 6 heteroatoms. The van der Waals surface area contributed by atoms with Gasteiger partial charge in [-0.2, -0.15) is 0 Å². The molecule has 2 rings (SSSR count). The van der Waals surface area contributed by atoms with Crippen molar-refractivity contribution in [3.8, 4) is 0 Å². The molecule has 0 aliphatic rings. The van der Waals surface area contributed by atoms with E-state index < -0.39 is 16.0 Å². The molecule has 152 valence electrons. The summed E-state index contributed by atoms with van der Waals surface area (Å²) in [6, 6.07) is 9.78. The molecule has 0 amide bonds. The standard InChI is InChI=1S/C22H29NO4S/c1-13(2)17-11-19(14(3)4)21(20(12-17)15(5)6)28(26,27)23-18-9-7-8-16(10-18)22(24)25/h7-15,23H,1-6H3,(H,24,25). The summed E-state index contributed by atoms with van der Waals surface area (Å²) >= 11 is 0. The Kier molecular flexibility index (Phi) is 6.55. The normalized spacial score (nSPS) is 12.0. The summed E-state index contributed by atoms with van der Waals surface area (Å²) < 4.78 is 29.3. The minimum Gasteiger partial charge on any atom is -0.478 e. The van der Waals surface area contributed by atoms with Crippen LogP contribution in [0.25, 0.3) is 0 Å². The van der Waals surface area contributed by atoms with Crippen LogP contribution in [0.1, 0.15) is 86.3 Å². The molecule has 0 saturated heterocycles. The summed E-state index contributed by atoms with van der Waals surface area (Å²) in [7, 11) is -3.89. The highest BCUT2D eigenvalue weighted by molar-refractivity contribution is 7.92. The van der Waals surface area contributed by atoms with Gasteiger partial charge in [0.1, 0.15) is 0 Å². The number of hydrogen-bond donors (Lipinski definition) is 2. The minimum atomic E-state index is -3.89. The zero-order valence-electron chi connectivity index (χ0n) is 17.3. The molecule has 0 aliphatic carbocycles. The van der Waals surface area contributed by atoms with Crippen molar-refractivity contribution in [3.63, 3.8) is 0 Å². The lowest BCUT2D eigenvalue weighted by atomic mass is 9.89. The van der Waals surface area contributed by atoms with Gasteiger partial charge in [-0.05, 0) is 52.6 Å². The molecule has 5 nitrogen and oxygen atoms in total. The number of rotatable bonds is 7. The number of anilines is 1. The van der Waals surface area contributed by atoms with Gasteiger partial charge in [-0.1, -0.05) is 59.7 Å². The Labute approximate surface area is 167 Å². The molecule has 0 aliphatic heterocycles. The topological polar surface area (TPSA) is 83.5 Å². The lowest BCUT2D eigenvalue weighted by Gasteiger charge is -2.23. The highest BCUT2D eigenvalue weighted by Gasteiger charge is 2.27. The van der Waals surface area contributed by atoms with Gasteiger partial charge >= 0.3 is 5.97 Å². The van der Waals surface area contributed by atoms with Crippen molar-refractivity contribution in [2.45, 2.75) is 64.2 Å². The van der Waals surface area contributed by atoms with Crippen molar-refractivity contribution < 1.29 is 18.3 Å². The summed E-state index contributed by atoms with van der Waals surface area (Å²) in [6.07, 6.45) is 0. The van der Waals surface area contributed by atoms with E-state index in [0.29, 0.717) is 4.90 Å². The first-order valence-corrected chi connectivity index (χ1v) is 11.0. The maximum absolute atomic E-state index is 13.4. The van der Waals surface area contributed by atoms with Crippen LogP contribution in [-0.4, -0.2) is 19.5 Å². The van der Waals surface area contributed by atoms with Crippen LogP contribution in [0.3, 0.4) is 0 Å². The highest BCUT2D eigenvalue weighted by Crippen LogP contribution is 2.36. The fourth-order valence-electron chi connectivity index (χ4n) is 3.12. The number of carbonyl (C=O) groups is 1. The van der Waals surface area contributed by atoms with Crippen LogP contribution in [0, 0.1) is 0 Å². The number of benzene rings is 2. The predicted molar refractivity (Wildman–Crippen MR) is 113 cm³/mol. The van der Waals surface area contributed by atoms with E-state index in [1.54, 1.807) is 6.07 Å².